The number of phenols is 1. The monoisotopic (exact) mass is 709 g/mol. The summed E-state index contributed by atoms with van der Waals surface area (Å²) in [4.78, 5) is 33.2. The number of nitrogens with zero attached hydrogens (tertiary/aromatic N) is 3. The van der Waals surface area contributed by atoms with Gasteiger partial charge in [-0.2, -0.15) is 0 Å². The van der Waals surface area contributed by atoms with E-state index in [1.807, 2.05) is 65.6 Å². The molecule has 1 saturated carbocycles. The minimum atomic E-state index is -0.286. The molecular formula is C42H45Cl2N3O3. The summed E-state index contributed by atoms with van der Waals surface area (Å²) in [6.07, 6.45) is 8.56. The first-order chi connectivity index (χ1) is 24.4. The number of hydrogen-bond donors (Lipinski definition) is 1. The van der Waals surface area contributed by atoms with Crippen LogP contribution in [0.1, 0.15) is 89.3 Å². The summed E-state index contributed by atoms with van der Waals surface area (Å²) >= 11 is 13.0. The Hall–Kier alpha value is -3.84. The van der Waals surface area contributed by atoms with Crippen LogP contribution < -0.4 is 4.90 Å². The van der Waals surface area contributed by atoms with Crippen LogP contribution in [0, 0.1) is 5.92 Å². The van der Waals surface area contributed by atoms with E-state index >= 15 is 0 Å². The van der Waals surface area contributed by atoms with Crippen LogP contribution in [-0.2, 0) is 0 Å². The van der Waals surface area contributed by atoms with E-state index in [1.54, 1.807) is 12.1 Å². The second-order valence-corrected chi connectivity index (χ2v) is 14.9. The van der Waals surface area contributed by atoms with E-state index in [4.69, 9.17) is 23.2 Å². The molecule has 7 rings (SSSR count). The highest BCUT2D eigenvalue weighted by molar-refractivity contribution is 6.43. The van der Waals surface area contributed by atoms with Crippen LogP contribution in [0.4, 0.5) is 5.69 Å². The van der Waals surface area contributed by atoms with Crippen molar-refractivity contribution >= 4 is 40.6 Å². The number of hydrogen-bond acceptors (Lipinski definition) is 5. The molecule has 1 aliphatic carbocycles. The van der Waals surface area contributed by atoms with Crippen molar-refractivity contribution in [3.63, 3.8) is 0 Å². The van der Waals surface area contributed by atoms with Crippen LogP contribution in [0.25, 0.3) is 11.1 Å². The van der Waals surface area contributed by atoms with Crippen LogP contribution in [0.3, 0.4) is 0 Å². The number of aromatic hydroxyl groups is 1. The van der Waals surface area contributed by atoms with Gasteiger partial charge in [0, 0.05) is 62.4 Å². The van der Waals surface area contributed by atoms with Gasteiger partial charge < -0.3 is 14.9 Å². The Labute approximate surface area is 305 Å². The van der Waals surface area contributed by atoms with Gasteiger partial charge in [-0.25, -0.2) is 0 Å². The van der Waals surface area contributed by atoms with E-state index < -0.39 is 0 Å². The summed E-state index contributed by atoms with van der Waals surface area (Å²) in [6.45, 7) is 4.51. The van der Waals surface area contributed by atoms with Gasteiger partial charge in [0.15, 0.2) is 5.78 Å². The number of anilines is 1. The number of piperazine rings is 1. The molecule has 4 aromatic carbocycles. The van der Waals surface area contributed by atoms with E-state index in [0.29, 0.717) is 41.0 Å². The molecule has 0 bridgehead atoms. The van der Waals surface area contributed by atoms with Gasteiger partial charge in [-0.05, 0) is 84.3 Å². The summed E-state index contributed by atoms with van der Waals surface area (Å²) in [7, 11) is 0. The minimum Gasteiger partial charge on any atom is -0.508 e. The fourth-order valence-corrected chi connectivity index (χ4v) is 8.47. The van der Waals surface area contributed by atoms with E-state index in [2.05, 4.69) is 21.9 Å². The average molecular weight is 711 g/mol. The Morgan fingerprint density at radius 2 is 1.42 bits per heavy atom. The number of piperidine rings is 1. The van der Waals surface area contributed by atoms with E-state index in [1.165, 1.54) is 19.3 Å². The number of halogens is 2. The Morgan fingerprint density at radius 1 is 0.720 bits per heavy atom. The molecule has 0 aromatic heterocycles. The highest BCUT2D eigenvalue weighted by Gasteiger charge is 2.30. The number of likely N-dealkylation sites (tertiary alicyclic amines) is 1. The molecule has 8 heteroatoms. The zero-order chi connectivity index (χ0) is 34.6. The van der Waals surface area contributed by atoms with Crippen molar-refractivity contribution in [3.8, 4) is 16.9 Å². The molecule has 4 aromatic rings. The quantitative estimate of drug-likeness (QED) is 0.175. The lowest BCUT2D eigenvalue weighted by atomic mass is 9.90. The van der Waals surface area contributed by atoms with Gasteiger partial charge in [0.25, 0.3) is 5.91 Å². The number of carbonyl (C=O) groups is 2. The smallest absolute Gasteiger partial charge is 0.253 e. The Bertz CT molecular complexity index is 1820. The van der Waals surface area contributed by atoms with Gasteiger partial charge in [0.1, 0.15) is 5.75 Å². The largest absolute Gasteiger partial charge is 0.508 e. The van der Waals surface area contributed by atoms with Crippen molar-refractivity contribution < 1.29 is 14.7 Å². The third kappa shape index (κ3) is 7.58. The molecule has 1 amide bonds. The third-order valence-electron chi connectivity index (χ3n) is 10.9. The Kier molecular flexibility index (Phi) is 10.8. The topological polar surface area (TPSA) is 64.1 Å². The van der Waals surface area contributed by atoms with Crippen LogP contribution in [0.5, 0.6) is 5.75 Å². The fourth-order valence-electron chi connectivity index (χ4n) is 8.06. The number of carbonyl (C=O) groups excluding carboxylic acids is 2. The second-order valence-electron chi connectivity index (χ2n) is 14.1. The van der Waals surface area contributed by atoms with Gasteiger partial charge in [0.2, 0.25) is 0 Å². The SMILES string of the molecule is O=C(CC1CCCC1)c1cccc(C(c2cc(-c3ccc(C(=O)N4CCCCC4)cc3)ccc2O)N2CCN(c3cccc(Cl)c3Cl)CC2)c1. The maximum atomic E-state index is 13.5. The maximum absolute atomic E-state index is 13.5. The van der Waals surface area contributed by atoms with Crippen molar-refractivity contribution in [2.75, 3.05) is 44.2 Å². The summed E-state index contributed by atoms with van der Waals surface area (Å²) in [5.74, 6) is 0.951. The minimum absolute atomic E-state index is 0.0864. The molecule has 0 radical (unpaired) electrons. The normalized spacial score (nSPS) is 18.0. The van der Waals surface area contributed by atoms with Gasteiger partial charge in [0.05, 0.1) is 21.8 Å². The molecule has 0 spiro atoms. The third-order valence-corrected chi connectivity index (χ3v) is 11.7. The first-order valence-electron chi connectivity index (χ1n) is 18.1. The first-order valence-corrected chi connectivity index (χ1v) is 18.9. The lowest BCUT2D eigenvalue weighted by Crippen LogP contribution is -2.48. The lowest BCUT2D eigenvalue weighted by molar-refractivity contribution is 0.0724. The van der Waals surface area contributed by atoms with E-state index in [0.717, 1.165) is 85.4 Å². The molecule has 3 fully saturated rings. The van der Waals surface area contributed by atoms with Crippen molar-refractivity contribution in [2.24, 2.45) is 5.92 Å². The van der Waals surface area contributed by atoms with Gasteiger partial charge in [-0.1, -0.05) is 91.3 Å². The molecule has 1 unspecified atom stereocenters. The number of ketones is 1. The van der Waals surface area contributed by atoms with E-state index in [-0.39, 0.29) is 23.5 Å². The molecular weight excluding hydrogens is 665 g/mol. The highest BCUT2D eigenvalue weighted by Crippen LogP contribution is 2.40. The Morgan fingerprint density at radius 3 is 2.16 bits per heavy atom. The fraction of sp³-hybridized carbons (Fsp3) is 0.381. The highest BCUT2D eigenvalue weighted by atomic mass is 35.5. The lowest BCUT2D eigenvalue weighted by Gasteiger charge is -2.41. The van der Waals surface area contributed by atoms with Crippen molar-refractivity contribution in [1.29, 1.82) is 0 Å². The molecule has 50 heavy (non-hydrogen) atoms. The number of rotatable bonds is 9. The van der Waals surface area contributed by atoms with Crippen molar-refractivity contribution in [2.45, 2.75) is 57.4 Å². The summed E-state index contributed by atoms with van der Waals surface area (Å²) in [5, 5.41) is 12.6. The number of amides is 1. The second kappa shape index (κ2) is 15.6. The van der Waals surface area contributed by atoms with Crippen LogP contribution >= 0.6 is 23.2 Å². The van der Waals surface area contributed by atoms with Gasteiger partial charge in [-0.3, -0.25) is 14.5 Å². The molecule has 1 atom stereocenters. The molecule has 2 heterocycles. The molecule has 260 valence electrons. The van der Waals surface area contributed by atoms with Crippen LogP contribution in [-0.4, -0.2) is 65.9 Å². The number of benzene rings is 4. The summed E-state index contributed by atoms with van der Waals surface area (Å²) < 4.78 is 0. The first kappa shape index (κ1) is 34.6. The zero-order valence-electron chi connectivity index (χ0n) is 28.5. The standard InChI is InChI=1S/C42H45Cl2N3O3/c43-36-12-7-13-37(40(36)44)45-22-24-46(25-23-45)41(34-11-6-10-33(27-34)39(49)26-29-8-2-3-9-29)35-28-32(18-19-38(35)48)30-14-16-31(17-15-30)42(50)47-20-4-1-5-21-47/h6-7,10-19,27-29,41,48H,1-5,8-9,20-26H2. The average Bonchev–Trinajstić information content (AvgIpc) is 3.67. The summed E-state index contributed by atoms with van der Waals surface area (Å²) in [6, 6.07) is 27.0. The molecule has 1 N–H and O–H groups in total. The predicted molar refractivity (Wildman–Crippen MR) is 203 cm³/mol. The van der Waals surface area contributed by atoms with Crippen molar-refractivity contribution in [3.05, 3.63) is 117 Å². The van der Waals surface area contributed by atoms with Crippen LogP contribution in [0.2, 0.25) is 10.0 Å². The molecule has 2 aliphatic heterocycles. The molecule has 2 saturated heterocycles. The Balaban J connectivity index is 1.19. The predicted octanol–water partition coefficient (Wildman–Crippen LogP) is 9.67. The molecule has 3 aliphatic rings. The van der Waals surface area contributed by atoms with Crippen molar-refractivity contribution in [1.82, 2.24) is 9.80 Å². The maximum Gasteiger partial charge on any atom is 0.253 e. The number of Topliss-reactive ketones (excluding diaryl/α,β-unsaturated/α-hetero) is 1. The zero-order valence-corrected chi connectivity index (χ0v) is 30.0. The van der Waals surface area contributed by atoms with E-state index in [9.17, 15) is 14.7 Å². The molecule has 6 nitrogen and oxygen atoms in total. The van der Waals surface area contributed by atoms with Crippen LogP contribution in [0.15, 0.2) is 84.9 Å². The van der Waals surface area contributed by atoms with Gasteiger partial charge in [-0.15, -0.1) is 0 Å². The van der Waals surface area contributed by atoms with Gasteiger partial charge >= 0.3 is 0 Å². The summed E-state index contributed by atoms with van der Waals surface area (Å²) in [5.41, 5.74) is 6.04. The number of phenolic OH excluding ortho intramolecular Hbond substituents is 1.